The van der Waals surface area contributed by atoms with E-state index in [0.29, 0.717) is 12.2 Å². The molecule has 2 heterocycles. The van der Waals surface area contributed by atoms with Gasteiger partial charge >= 0.3 is 11.3 Å². The molecule has 37 heavy (non-hydrogen) atoms. The van der Waals surface area contributed by atoms with Crippen molar-refractivity contribution in [2.75, 3.05) is 29.1 Å². The van der Waals surface area contributed by atoms with Gasteiger partial charge < -0.3 is 10.2 Å². The van der Waals surface area contributed by atoms with E-state index < -0.39 is 11.7 Å². The fourth-order valence-corrected chi connectivity index (χ4v) is 5.53. The summed E-state index contributed by atoms with van der Waals surface area (Å²) in [4.78, 5) is 18.4. The maximum absolute atomic E-state index is 13.4. The van der Waals surface area contributed by atoms with Crippen molar-refractivity contribution in [1.29, 1.82) is 0 Å². The number of aromatic amines is 1. The number of aromatic nitrogens is 2. The van der Waals surface area contributed by atoms with Crippen LogP contribution in [0.3, 0.4) is 0 Å². The molecule has 2 N–H and O–H groups in total. The van der Waals surface area contributed by atoms with Gasteiger partial charge in [0.2, 0.25) is 5.91 Å². The Kier molecular flexibility index (Phi) is 7.41. The number of carbonyl (C=O) groups is 1. The number of para-hydroxylation sites is 2. The molecule has 0 radical (unpaired) electrons. The monoisotopic (exact) mass is 525 g/mol. The van der Waals surface area contributed by atoms with Gasteiger partial charge in [0.15, 0.2) is 11.0 Å². The van der Waals surface area contributed by atoms with E-state index in [1.54, 1.807) is 0 Å². The molecule has 1 aliphatic heterocycles. The van der Waals surface area contributed by atoms with Gasteiger partial charge in [-0.25, -0.2) is 9.55 Å². The predicted molar refractivity (Wildman–Crippen MR) is 141 cm³/mol. The Morgan fingerprint density at radius 2 is 1.70 bits per heavy atom. The van der Waals surface area contributed by atoms with E-state index in [1.807, 2.05) is 54.6 Å². The average Bonchev–Trinajstić information content (AvgIpc) is 3.25. The molecular weight excluding hydrogens is 497 g/mol. The minimum Gasteiger partial charge on any atom is -0.370 e. The van der Waals surface area contributed by atoms with Gasteiger partial charge in [-0.05, 0) is 66.9 Å². The predicted octanol–water partition coefficient (Wildman–Crippen LogP) is 6.24. The van der Waals surface area contributed by atoms with Gasteiger partial charge in [-0.2, -0.15) is 13.2 Å². The second-order valence-corrected chi connectivity index (χ2v) is 10.1. The molecule has 1 fully saturated rings. The Hall–Kier alpha value is -3.46. The van der Waals surface area contributed by atoms with E-state index in [2.05, 4.69) is 19.8 Å². The van der Waals surface area contributed by atoms with Crippen LogP contribution >= 0.6 is 11.8 Å². The standard InChI is InChI=1S/C28H27F3N4OS/c29-28(30,31)21-13-14-24(34-15-7-2-8-16-34)23(17-21)32-26(36)19-37-27-33-22-11-5-6-12-25(22)35(27)18-20-9-3-1-4-10-20/h1,3-6,9-14,17H,2,7-8,15-16,18-19H2,(H,32,36)/p+1. The van der Waals surface area contributed by atoms with Crippen molar-refractivity contribution in [2.24, 2.45) is 0 Å². The van der Waals surface area contributed by atoms with Crippen molar-refractivity contribution in [2.45, 2.75) is 37.1 Å². The Labute approximate surface area is 217 Å². The molecule has 192 valence electrons. The number of hydrogen-bond donors (Lipinski definition) is 2. The Morgan fingerprint density at radius 3 is 2.46 bits per heavy atom. The van der Waals surface area contributed by atoms with Crippen LogP contribution in [0.2, 0.25) is 0 Å². The highest BCUT2D eigenvalue weighted by molar-refractivity contribution is 7.99. The molecule has 3 aromatic carbocycles. The molecule has 1 aromatic heterocycles. The van der Waals surface area contributed by atoms with Crippen molar-refractivity contribution in [3.05, 3.63) is 83.9 Å². The van der Waals surface area contributed by atoms with Gasteiger partial charge in [0, 0.05) is 13.1 Å². The summed E-state index contributed by atoms with van der Waals surface area (Å²) in [5.41, 5.74) is 3.16. The van der Waals surface area contributed by atoms with Gasteiger partial charge in [0.05, 0.1) is 22.7 Å². The van der Waals surface area contributed by atoms with Gasteiger partial charge in [0.25, 0.3) is 0 Å². The second kappa shape index (κ2) is 10.9. The first-order valence-electron chi connectivity index (χ1n) is 12.3. The quantitative estimate of drug-likeness (QED) is 0.222. The summed E-state index contributed by atoms with van der Waals surface area (Å²) in [5, 5.41) is 3.57. The molecule has 1 saturated heterocycles. The minimum atomic E-state index is -4.48. The zero-order valence-electron chi connectivity index (χ0n) is 20.2. The molecule has 0 unspecified atom stereocenters. The molecule has 1 amide bonds. The third-order valence-electron chi connectivity index (χ3n) is 6.50. The average molecular weight is 526 g/mol. The first-order valence-corrected chi connectivity index (χ1v) is 13.3. The lowest BCUT2D eigenvalue weighted by atomic mass is 10.1. The molecule has 0 aliphatic carbocycles. The lowest BCUT2D eigenvalue weighted by Gasteiger charge is -2.31. The topological polar surface area (TPSA) is 52.0 Å². The van der Waals surface area contributed by atoms with Crippen molar-refractivity contribution in [3.63, 3.8) is 0 Å². The Bertz CT molecular complexity index is 1380. The van der Waals surface area contributed by atoms with E-state index in [-0.39, 0.29) is 17.3 Å². The highest BCUT2D eigenvalue weighted by Crippen LogP contribution is 2.36. The van der Waals surface area contributed by atoms with E-state index in [4.69, 9.17) is 0 Å². The summed E-state index contributed by atoms with van der Waals surface area (Å²) in [6.07, 6.45) is -1.43. The smallest absolute Gasteiger partial charge is 0.370 e. The maximum atomic E-state index is 13.4. The van der Waals surface area contributed by atoms with E-state index >= 15 is 0 Å². The van der Waals surface area contributed by atoms with Crippen LogP contribution in [0.25, 0.3) is 11.0 Å². The molecule has 5 rings (SSSR count). The lowest BCUT2D eigenvalue weighted by molar-refractivity contribution is -0.700. The summed E-state index contributed by atoms with van der Waals surface area (Å²) in [6, 6.07) is 21.6. The zero-order chi connectivity index (χ0) is 25.8. The van der Waals surface area contributed by atoms with Gasteiger partial charge in [-0.1, -0.05) is 42.5 Å². The molecule has 4 aromatic rings. The van der Waals surface area contributed by atoms with Gasteiger partial charge in [-0.15, -0.1) is 0 Å². The molecule has 0 bridgehead atoms. The number of benzene rings is 3. The summed E-state index contributed by atoms with van der Waals surface area (Å²) in [6.45, 7) is 2.15. The van der Waals surface area contributed by atoms with Gasteiger partial charge in [0.1, 0.15) is 6.54 Å². The summed E-state index contributed by atoms with van der Waals surface area (Å²) >= 11 is 1.33. The SMILES string of the molecule is O=C(CSc1[nH]c2ccccc2[n+]1Cc1ccccc1)Nc1cc(C(F)(F)F)ccc1N1CCCCC1. The maximum Gasteiger partial charge on any atom is 0.416 e. The number of nitrogens with one attached hydrogen (secondary N) is 2. The number of anilines is 2. The van der Waals surface area contributed by atoms with Crippen molar-refractivity contribution in [1.82, 2.24) is 4.98 Å². The Morgan fingerprint density at radius 1 is 0.973 bits per heavy atom. The van der Waals surface area contributed by atoms with E-state index in [1.165, 1.54) is 17.8 Å². The number of alkyl halides is 3. The fraction of sp³-hybridized carbons (Fsp3) is 0.286. The molecule has 0 atom stereocenters. The number of amides is 1. The third kappa shape index (κ3) is 5.93. The lowest BCUT2D eigenvalue weighted by Crippen LogP contribution is -2.36. The van der Waals surface area contributed by atoms with E-state index in [0.717, 1.165) is 66.2 Å². The van der Waals surface area contributed by atoms with Crippen molar-refractivity contribution >= 4 is 40.1 Å². The number of rotatable bonds is 7. The number of thioether (sulfide) groups is 1. The van der Waals surface area contributed by atoms with Crippen LogP contribution in [-0.4, -0.2) is 29.7 Å². The van der Waals surface area contributed by atoms with Crippen LogP contribution in [0.1, 0.15) is 30.4 Å². The van der Waals surface area contributed by atoms with Crippen LogP contribution in [0, 0.1) is 0 Å². The van der Waals surface area contributed by atoms with E-state index in [9.17, 15) is 18.0 Å². The normalized spacial score (nSPS) is 14.2. The number of halogens is 3. The van der Waals surface area contributed by atoms with Crippen molar-refractivity contribution < 1.29 is 22.5 Å². The zero-order valence-corrected chi connectivity index (χ0v) is 21.0. The summed E-state index contributed by atoms with van der Waals surface area (Å²) < 4.78 is 42.4. The van der Waals surface area contributed by atoms with Crippen LogP contribution in [0.15, 0.2) is 78.0 Å². The minimum absolute atomic E-state index is 0.0529. The highest BCUT2D eigenvalue weighted by Gasteiger charge is 2.32. The molecule has 0 spiro atoms. The summed E-state index contributed by atoms with van der Waals surface area (Å²) in [7, 11) is 0. The molecule has 1 aliphatic rings. The number of nitrogens with zero attached hydrogens (tertiary/aromatic N) is 2. The fourth-order valence-electron chi connectivity index (χ4n) is 4.69. The van der Waals surface area contributed by atoms with Crippen LogP contribution in [0.5, 0.6) is 0 Å². The number of fused-ring (bicyclic) bond motifs is 1. The number of imidazole rings is 1. The number of hydrogen-bond acceptors (Lipinski definition) is 3. The first kappa shape index (κ1) is 25.2. The van der Waals surface area contributed by atoms with Crippen LogP contribution in [-0.2, 0) is 17.5 Å². The largest absolute Gasteiger partial charge is 0.416 e. The molecule has 5 nitrogen and oxygen atoms in total. The van der Waals surface area contributed by atoms with Crippen LogP contribution in [0.4, 0.5) is 24.5 Å². The summed E-state index contributed by atoms with van der Waals surface area (Å²) in [5.74, 6) is -0.301. The van der Waals surface area contributed by atoms with Crippen LogP contribution < -0.4 is 14.8 Å². The first-order chi connectivity index (χ1) is 17.9. The molecule has 0 saturated carbocycles. The number of H-pyrrole nitrogens is 1. The molecular formula is C28H28F3N4OS+. The second-order valence-electron chi connectivity index (χ2n) is 9.13. The highest BCUT2D eigenvalue weighted by atomic mass is 32.2. The molecule has 9 heteroatoms. The van der Waals surface area contributed by atoms with Gasteiger partial charge in [-0.3, -0.25) is 4.79 Å². The third-order valence-corrected chi connectivity index (χ3v) is 7.50. The Balaban J connectivity index is 1.36. The number of carbonyl (C=O) groups excluding carboxylic acids is 1. The van der Waals surface area contributed by atoms with Crippen molar-refractivity contribution in [3.8, 4) is 0 Å². The number of piperidine rings is 1.